The van der Waals surface area contributed by atoms with E-state index in [4.69, 9.17) is 10.1 Å². The fraction of sp³-hybridized carbons (Fsp3) is 0.200. The van der Waals surface area contributed by atoms with Gasteiger partial charge in [0.15, 0.2) is 0 Å². The molecule has 0 radical (unpaired) electrons. The molecule has 0 aliphatic rings. The van der Waals surface area contributed by atoms with E-state index in [1.165, 1.54) is 12.1 Å². The number of rotatable bonds is 6. The molecule has 0 aliphatic carbocycles. The van der Waals surface area contributed by atoms with Crippen molar-refractivity contribution in [2.75, 3.05) is 0 Å². The molecule has 5 heteroatoms. The topological polar surface area (TPSA) is 50.2 Å². The van der Waals surface area contributed by atoms with Crippen molar-refractivity contribution in [3.63, 3.8) is 0 Å². The Kier molecular flexibility index (Phi) is 5.43. The van der Waals surface area contributed by atoms with Crippen molar-refractivity contribution in [2.24, 2.45) is 0 Å². The van der Waals surface area contributed by atoms with Gasteiger partial charge in [-0.2, -0.15) is 0 Å². The number of carboxylic acids is 1. The maximum Gasteiger partial charge on any atom is 0.303 e. The lowest BCUT2D eigenvalue weighted by molar-refractivity contribution is -0.137. The fourth-order valence-electron chi connectivity index (χ4n) is 2.83. The third kappa shape index (κ3) is 4.42. The van der Waals surface area contributed by atoms with Gasteiger partial charge in [0, 0.05) is 21.8 Å². The molecule has 0 saturated heterocycles. The van der Waals surface area contributed by atoms with Crippen LogP contribution < -0.4 is 0 Å². The summed E-state index contributed by atoms with van der Waals surface area (Å²) in [7, 11) is 0. The monoisotopic (exact) mass is 401 g/mol. The number of aromatic nitrogens is 1. The molecule has 3 aromatic rings. The fourth-order valence-corrected chi connectivity index (χ4v) is 3.21. The number of pyridine rings is 1. The predicted molar refractivity (Wildman–Crippen MR) is 100 cm³/mol. The standard InChI is InChI=1S/C20H17BrFNO2/c21-16-7-10-18-15(12-16)11-14(3-1-2-4-19(24)25)20(23-18)13-5-8-17(22)9-6-13/h5-12H,1-4H2,(H,24,25). The number of nitrogens with zero attached hydrogens (tertiary/aromatic N) is 1. The molecule has 0 atom stereocenters. The molecule has 0 fully saturated rings. The predicted octanol–water partition coefficient (Wildman–Crippen LogP) is 5.60. The summed E-state index contributed by atoms with van der Waals surface area (Å²) in [6.07, 6.45) is 2.28. The van der Waals surface area contributed by atoms with Crippen LogP contribution in [0.1, 0.15) is 24.8 Å². The molecule has 25 heavy (non-hydrogen) atoms. The minimum absolute atomic E-state index is 0.165. The molecule has 0 saturated carbocycles. The van der Waals surface area contributed by atoms with Gasteiger partial charge < -0.3 is 5.11 Å². The summed E-state index contributed by atoms with van der Waals surface area (Å²) < 4.78 is 14.2. The Bertz CT molecular complexity index is 909. The number of hydrogen-bond donors (Lipinski definition) is 1. The van der Waals surface area contributed by atoms with Crippen molar-refractivity contribution in [2.45, 2.75) is 25.7 Å². The highest BCUT2D eigenvalue weighted by Crippen LogP contribution is 2.28. The van der Waals surface area contributed by atoms with E-state index in [-0.39, 0.29) is 12.2 Å². The van der Waals surface area contributed by atoms with Crippen LogP contribution in [0.15, 0.2) is 53.0 Å². The summed E-state index contributed by atoms with van der Waals surface area (Å²) in [5, 5.41) is 9.81. The van der Waals surface area contributed by atoms with Gasteiger partial charge in [0.25, 0.3) is 0 Å². The zero-order valence-electron chi connectivity index (χ0n) is 13.5. The first-order valence-corrected chi connectivity index (χ1v) is 8.89. The Hall–Kier alpha value is -2.27. The molecule has 0 bridgehead atoms. The number of aliphatic carboxylic acids is 1. The number of carbonyl (C=O) groups is 1. The van der Waals surface area contributed by atoms with Crippen LogP contribution in [0.3, 0.4) is 0 Å². The second-order valence-corrected chi connectivity index (χ2v) is 6.86. The Morgan fingerprint density at radius 3 is 2.56 bits per heavy atom. The van der Waals surface area contributed by atoms with E-state index in [9.17, 15) is 9.18 Å². The van der Waals surface area contributed by atoms with E-state index in [0.29, 0.717) is 6.42 Å². The van der Waals surface area contributed by atoms with Crippen LogP contribution in [0.25, 0.3) is 22.2 Å². The summed E-state index contributed by atoms with van der Waals surface area (Å²) in [6.45, 7) is 0. The first-order chi connectivity index (χ1) is 12.0. The largest absolute Gasteiger partial charge is 0.481 e. The molecule has 0 unspecified atom stereocenters. The van der Waals surface area contributed by atoms with Crippen molar-refractivity contribution in [3.8, 4) is 11.3 Å². The van der Waals surface area contributed by atoms with Gasteiger partial charge in [0.1, 0.15) is 5.82 Å². The van der Waals surface area contributed by atoms with Crippen LogP contribution in [-0.2, 0) is 11.2 Å². The molecule has 1 N–H and O–H groups in total. The van der Waals surface area contributed by atoms with E-state index in [1.54, 1.807) is 12.1 Å². The van der Waals surface area contributed by atoms with Crippen LogP contribution in [0.4, 0.5) is 4.39 Å². The van der Waals surface area contributed by atoms with Crippen LogP contribution in [0.5, 0.6) is 0 Å². The number of unbranched alkanes of at least 4 members (excludes halogenated alkanes) is 1. The summed E-state index contributed by atoms with van der Waals surface area (Å²) in [6, 6.07) is 14.3. The third-order valence-corrected chi connectivity index (χ3v) is 4.55. The number of halogens is 2. The zero-order valence-corrected chi connectivity index (χ0v) is 15.1. The van der Waals surface area contributed by atoms with Gasteiger partial charge in [-0.05, 0) is 73.4 Å². The lowest BCUT2D eigenvalue weighted by Gasteiger charge is -2.11. The smallest absolute Gasteiger partial charge is 0.303 e. The highest BCUT2D eigenvalue weighted by Gasteiger charge is 2.10. The van der Waals surface area contributed by atoms with Crippen molar-refractivity contribution in [1.82, 2.24) is 4.98 Å². The Morgan fingerprint density at radius 2 is 1.84 bits per heavy atom. The maximum atomic E-state index is 13.2. The number of hydrogen-bond acceptors (Lipinski definition) is 2. The molecule has 128 valence electrons. The van der Waals surface area contributed by atoms with E-state index in [1.807, 2.05) is 18.2 Å². The zero-order chi connectivity index (χ0) is 17.8. The molecule has 0 aliphatic heterocycles. The molecule has 1 heterocycles. The second-order valence-electron chi connectivity index (χ2n) is 5.94. The van der Waals surface area contributed by atoms with Crippen LogP contribution >= 0.6 is 15.9 Å². The normalized spacial score (nSPS) is 11.0. The van der Waals surface area contributed by atoms with Crippen molar-refractivity contribution in [3.05, 3.63) is 64.4 Å². The SMILES string of the molecule is O=C(O)CCCCc1cc2cc(Br)ccc2nc1-c1ccc(F)cc1. The number of carboxylic acid groups (broad SMARTS) is 1. The van der Waals surface area contributed by atoms with Crippen molar-refractivity contribution < 1.29 is 14.3 Å². The Labute approximate surface area is 153 Å². The molecule has 3 rings (SSSR count). The van der Waals surface area contributed by atoms with Gasteiger partial charge in [-0.15, -0.1) is 0 Å². The van der Waals surface area contributed by atoms with Crippen LogP contribution in [0, 0.1) is 5.82 Å². The van der Waals surface area contributed by atoms with Crippen LogP contribution in [-0.4, -0.2) is 16.1 Å². The third-order valence-electron chi connectivity index (χ3n) is 4.06. The van der Waals surface area contributed by atoms with Gasteiger partial charge >= 0.3 is 5.97 Å². The minimum atomic E-state index is -0.778. The first kappa shape index (κ1) is 17.5. The Morgan fingerprint density at radius 1 is 1.08 bits per heavy atom. The molecule has 0 amide bonds. The first-order valence-electron chi connectivity index (χ1n) is 8.10. The van der Waals surface area contributed by atoms with E-state index in [0.717, 1.165) is 45.0 Å². The summed E-state index contributed by atoms with van der Waals surface area (Å²) >= 11 is 3.47. The summed E-state index contributed by atoms with van der Waals surface area (Å²) in [5.74, 6) is -1.06. The van der Waals surface area contributed by atoms with Gasteiger partial charge in [-0.25, -0.2) is 9.37 Å². The molecule has 3 nitrogen and oxygen atoms in total. The lowest BCUT2D eigenvalue weighted by atomic mass is 9.98. The average Bonchev–Trinajstić information content (AvgIpc) is 2.58. The number of benzene rings is 2. The molecule has 1 aromatic heterocycles. The van der Waals surface area contributed by atoms with Crippen LogP contribution in [0.2, 0.25) is 0 Å². The van der Waals surface area contributed by atoms with Gasteiger partial charge in [-0.3, -0.25) is 4.79 Å². The summed E-state index contributed by atoms with van der Waals surface area (Å²) in [4.78, 5) is 15.5. The number of fused-ring (bicyclic) bond motifs is 1. The number of aryl methyl sites for hydroxylation is 1. The molecular weight excluding hydrogens is 385 g/mol. The van der Waals surface area contributed by atoms with Gasteiger partial charge in [-0.1, -0.05) is 15.9 Å². The maximum absolute atomic E-state index is 13.2. The van der Waals surface area contributed by atoms with Crippen molar-refractivity contribution >= 4 is 32.8 Å². The summed E-state index contributed by atoms with van der Waals surface area (Å²) in [5.41, 5.74) is 3.60. The van der Waals surface area contributed by atoms with E-state index < -0.39 is 5.97 Å². The van der Waals surface area contributed by atoms with E-state index in [2.05, 4.69) is 22.0 Å². The second kappa shape index (κ2) is 7.74. The van der Waals surface area contributed by atoms with E-state index >= 15 is 0 Å². The van der Waals surface area contributed by atoms with Gasteiger partial charge in [0.05, 0.1) is 11.2 Å². The highest BCUT2D eigenvalue weighted by atomic mass is 79.9. The minimum Gasteiger partial charge on any atom is -0.481 e. The Balaban J connectivity index is 1.99. The highest BCUT2D eigenvalue weighted by molar-refractivity contribution is 9.10. The molecular formula is C20H17BrFNO2. The molecule has 2 aromatic carbocycles. The quantitative estimate of drug-likeness (QED) is 0.546. The molecule has 0 spiro atoms. The van der Waals surface area contributed by atoms with Gasteiger partial charge in [0.2, 0.25) is 0 Å². The van der Waals surface area contributed by atoms with Crippen molar-refractivity contribution in [1.29, 1.82) is 0 Å². The average molecular weight is 402 g/mol. The lowest BCUT2D eigenvalue weighted by Crippen LogP contribution is -1.98.